The molecule has 0 saturated heterocycles. The highest BCUT2D eigenvalue weighted by atomic mass is 31.1. The van der Waals surface area contributed by atoms with Crippen LogP contribution in [0.4, 0.5) is 8.78 Å². The zero-order valence-corrected chi connectivity index (χ0v) is 22.4. The molecule has 2 aromatic heterocycles. The monoisotopic (exact) mass is 555 g/mol. The van der Waals surface area contributed by atoms with Gasteiger partial charge in [-0.15, -0.1) is 0 Å². The van der Waals surface area contributed by atoms with Crippen molar-refractivity contribution in [1.82, 2.24) is 15.0 Å². The lowest BCUT2D eigenvalue weighted by Gasteiger charge is -2.18. The highest BCUT2D eigenvalue weighted by Gasteiger charge is 2.44. The first kappa shape index (κ1) is 24.3. The number of nitrogens with zero attached hydrogens (tertiary/aromatic N) is 1. The fourth-order valence-corrected chi connectivity index (χ4v) is 6.78. The van der Waals surface area contributed by atoms with Crippen LogP contribution in [0.3, 0.4) is 0 Å². The molecule has 192 valence electrons. The summed E-state index contributed by atoms with van der Waals surface area (Å²) in [6.07, 6.45) is 3.30. The van der Waals surface area contributed by atoms with E-state index in [-0.39, 0.29) is 28.3 Å². The molecule has 2 unspecified atom stereocenters. The molecule has 0 radical (unpaired) electrons. The summed E-state index contributed by atoms with van der Waals surface area (Å²) < 4.78 is 31.7. The van der Waals surface area contributed by atoms with Crippen molar-refractivity contribution in [1.29, 1.82) is 0 Å². The molecule has 2 atom stereocenters. The quantitative estimate of drug-likeness (QED) is 0.201. The third-order valence-electron chi connectivity index (χ3n) is 7.57. The molecule has 3 aromatic carbocycles. The standard InChI is InChI=1S/C30H21F2N3O2P2/c31-30(32)24-10-17(16-3-6-21-18(9-16)1-2-20-12-27(38-14-36)35-28(20)21)4-7-22(24)23-8-5-19(11-25(23)30)26-13-33-29(34-26)39-15-37/h3-15,35,38-39H,1-2H2,(H,33,34). The van der Waals surface area contributed by atoms with Gasteiger partial charge in [-0.3, -0.25) is 9.59 Å². The van der Waals surface area contributed by atoms with Gasteiger partial charge in [0.1, 0.15) is 17.6 Å². The first-order valence-corrected chi connectivity index (χ1v) is 14.6. The Balaban J connectivity index is 1.24. The molecule has 0 saturated carbocycles. The van der Waals surface area contributed by atoms with E-state index in [1.165, 1.54) is 11.6 Å². The first-order valence-electron chi connectivity index (χ1n) is 12.4. The lowest BCUT2D eigenvalue weighted by molar-refractivity contribution is 0.0481. The van der Waals surface area contributed by atoms with Gasteiger partial charge in [-0.2, -0.15) is 8.78 Å². The van der Waals surface area contributed by atoms with Crippen molar-refractivity contribution in [3.63, 3.8) is 0 Å². The van der Waals surface area contributed by atoms with Crippen molar-refractivity contribution < 1.29 is 18.4 Å². The van der Waals surface area contributed by atoms with Gasteiger partial charge in [0.05, 0.1) is 11.9 Å². The maximum Gasteiger partial charge on any atom is 0.299 e. The van der Waals surface area contributed by atoms with E-state index in [9.17, 15) is 9.59 Å². The van der Waals surface area contributed by atoms with Gasteiger partial charge in [-0.25, -0.2) is 4.98 Å². The minimum atomic E-state index is -3.15. The zero-order valence-electron chi connectivity index (χ0n) is 20.4. The van der Waals surface area contributed by atoms with Crippen molar-refractivity contribution in [2.24, 2.45) is 0 Å². The van der Waals surface area contributed by atoms with Gasteiger partial charge < -0.3 is 9.97 Å². The molecular weight excluding hydrogens is 534 g/mol. The number of alkyl halides is 2. The summed E-state index contributed by atoms with van der Waals surface area (Å²) in [4.78, 5) is 32.4. The molecule has 2 N–H and O–H groups in total. The maximum atomic E-state index is 15.9. The molecule has 2 aliphatic rings. The summed E-state index contributed by atoms with van der Waals surface area (Å²) in [6, 6.07) is 20.3. The Morgan fingerprint density at radius 2 is 1.38 bits per heavy atom. The van der Waals surface area contributed by atoms with E-state index in [0.29, 0.717) is 27.9 Å². The molecule has 0 fully saturated rings. The van der Waals surface area contributed by atoms with E-state index < -0.39 is 5.92 Å². The normalized spacial score (nSPS) is 14.9. The number of benzene rings is 3. The number of carbonyl (C=O) groups is 2. The molecule has 39 heavy (non-hydrogen) atoms. The third kappa shape index (κ3) is 3.92. The van der Waals surface area contributed by atoms with E-state index in [0.717, 1.165) is 58.3 Å². The number of aromatic amines is 2. The van der Waals surface area contributed by atoms with Crippen molar-refractivity contribution in [3.05, 3.63) is 89.1 Å². The van der Waals surface area contributed by atoms with Crippen LogP contribution >= 0.6 is 17.2 Å². The van der Waals surface area contributed by atoms with Crippen molar-refractivity contribution >= 4 is 40.2 Å². The van der Waals surface area contributed by atoms with Crippen LogP contribution in [0.2, 0.25) is 0 Å². The van der Waals surface area contributed by atoms with Crippen LogP contribution in [-0.4, -0.2) is 27.0 Å². The van der Waals surface area contributed by atoms with E-state index in [4.69, 9.17) is 0 Å². The number of H-pyrrole nitrogens is 2. The Hall–Kier alpha value is -3.79. The predicted octanol–water partition coefficient (Wildman–Crippen LogP) is 5.95. The summed E-state index contributed by atoms with van der Waals surface area (Å²) in [5, 5.41) is 0. The number of rotatable bonds is 6. The molecule has 5 aromatic rings. The van der Waals surface area contributed by atoms with Crippen molar-refractivity contribution in [2.45, 2.75) is 18.8 Å². The van der Waals surface area contributed by atoms with Crippen LogP contribution in [0.5, 0.6) is 0 Å². The Bertz CT molecular complexity index is 1810. The number of halogens is 2. The molecule has 0 aliphatic heterocycles. The second kappa shape index (κ2) is 9.15. The lowest BCUT2D eigenvalue weighted by Crippen LogP contribution is -2.11. The van der Waals surface area contributed by atoms with Crippen LogP contribution in [-0.2, 0) is 28.4 Å². The van der Waals surface area contributed by atoms with E-state index >= 15 is 8.78 Å². The molecular formula is C30H21F2N3O2P2. The number of imidazole rings is 1. The van der Waals surface area contributed by atoms with Crippen molar-refractivity contribution in [2.75, 3.05) is 0 Å². The average Bonchev–Trinajstić information content (AvgIpc) is 3.64. The summed E-state index contributed by atoms with van der Waals surface area (Å²) in [5.41, 5.74) is 9.88. The minimum absolute atomic E-state index is 0.00348. The number of carbonyl (C=O) groups excluding carboxylic acids is 2. The fraction of sp³-hybridized carbons (Fsp3) is 0.100. The Kier molecular flexibility index (Phi) is 5.69. The lowest BCUT2D eigenvalue weighted by atomic mass is 9.87. The maximum absolute atomic E-state index is 15.9. The number of hydrogen-bond acceptors (Lipinski definition) is 3. The van der Waals surface area contributed by atoms with Crippen LogP contribution in [0, 0.1) is 0 Å². The fourth-order valence-electron chi connectivity index (χ4n) is 5.74. The number of hydrogen-bond donors (Lipinski definition) is 2. The number of nitrogens with one attached hydrogen (secondary N) is 2. The van der Waals surface area contributed by atoms with E-state index in [1.807, 2.05) is 18.2 Å². The predicted molar refractivity (Wildman–Crippen MR) is 154 cm³/mol. The molecule has 0 amide bonds. The largest absolute Gasteiger partial charge is 0.354 e. The van der Waals surface area contributed by atoms with Crippen molar-refractivity contribution in [3.8, 4) is 44.8 Å². The Morgan fingerprint density at radius 1 is 0.744 bits per heavy atom. The summed E-state index contributed by atoms with van der Waals surface area (Å²) in [7, 11) is -0.00688. The molecule has 2 heterocycles. The second-order valence-corrected chi connectivity index (χ2v) is 11.8. The van der Waals surface area contributed by atoms with Gasteiger partial charge in [0, 0.05) is 42.0 Å². The second-order valence-electron chi connectivity index (χ2n) is 9.72. The van der Waals surface area contributed by atoms with Gasteiger partial charge in [0.25, 0.3) is 5.92 Å². The Morgan fingerprint density at radius 3 is 2.13 bits per heavy atom. The van der Waals surface area contributed by atoms with Crippen LogP contribution in [0.1, 0.15) is 22.3 Å². The number of aryl methyl sites for hydroxylation is 2. The zero-order chi connectivity index (χ0) is 26.7. The van der Waals surface area contributed by atoms with Gasteiger partial charge in [-0.05, 0) is 73.0 Å². The highest BCUT2D eigenvalue weighted by molar-refractivity contribution is 7.62. The van der Waals surface area contributed by atoms with Gasteiger partial charge >= 0.3 is 0 Å². The van der Waals surface area contributed by atoms with Gasteiger partial charge in [0.2, 0.25) is 0 Å². The van der Waals surface area contributed by atoms with Crippen LogP contribution in [0.25, 0.3) is 44.8 Å². The Labute approximate surface area is 226 Å². The SMILES string of the molecule is O=CPc1cc2c([nH]1)-c1ccc(-c3ccc4c(c3)C(F)(F)c3cc(-c5cnc(PC=O)[nH]5)ccc3-4)cc1CC2. The van der Waals surface area contributed by atoms with Crippen LogP contribution < -0.4 is 11.0 Å². The topological polar surface area (TPSA) is 78.6 Å². The number of aromatic nitrogens is 3. The van der Waals surface area contributed by atoms with E-state index in [2.05, 4.69) is 27.1 Å². The van der Waals surface area contributed by atoms with E-state index in [1.54, 1.807) is 30.5 Å². The average molecular weight is 555 g/mol. The third-order valence-corrected chi connectivity index (χ3v) is 8.92. The minimum Gasteiger partial charge on any atom is -0.354 e. The number of fused-ring (bicyclic) bond motifs is 6. The highest BCUT2D eigenvalue weighted by Crippen LogP contribution is 2.52. The molecule has 9 heteroatoms. The summed E-state index contributed by atoms with van der Waals surface area (Å²) in [6.45, 7) is 0. The molecule has 5 nitrogen and oxygen atoms in total. The van der Waals surface area contributed by atoms with Gasteiger partial charge in [-0.1, -0.05) is 42.5 Å². The molecule has 7 rings (SSSR count). The first-order chi connectivity index (χ1) is 19.0. The molecule has 2 aliphatic carbocycles. The molecule has 0 bridgehead atoms. The van der Waals surface area contributed by atoms with Crippen LogP contribution in [0.15, 0.2) is 66.9 Å². The summed E-state index contributed by atoms with van der Waals surface area (Å²) >= 11 is 0. The molecule has 0 spiro atoms. The van der Waals surface area contributed by atoms with Gasteiger partial charge in [0.15, 0.2) is 0 Å². The smallest absolute Gasteiger partial charge is 0.299 e. The summed E-state index contributed by atoms with van der Waals surface area (Å²) in [5.74, 6) is -3.15.